The Balaban J connectivity index is 1.49. The zero-order valence-corrected chi connectivity index (χ0v) is 15.4. The fraction of sp³-hybridized carbons (Fsp3) is 0.105. The van der Waals surface area contributed by atoms with E-state index in [-0.39, 0.29) is 6.79 Å². The molecule has 1 aliphatic heterocycles. The number of nitrogens with one attached hydrogen (secondary N) is 2. The monoisotopic (exact) mass is 397 g/mol. The highest BCUT2D eigenvalue weighted by Crippen LogP contribution is 2.44. The number of hydrogen-bond acceptors (Lipinski definition) is 7. The molecule has 0 aliphatic carbocycles. The topological polar surface area (TPSA) is 111 Å². The lowest BCUT2D eigenvalue weighted by Gasteiger charge is -2.12. The predicted octanol–water partition coefficient (Wildman–Crippen LogP) is 3.31. The molecular formula is C19H16ClN5O3. The molecule has 4 N–H and O–H groups in total. The average Bonchev–Trinajstić information content (AvgIpc) is 3.18. The number of amides is 1. The molecule has 1 aliphatic rings. The smallest absolute Gasteiger partial charge is 0.248 e. The van der Waals surface area contributed by atoms with Crippen LogP contribution >= 0.6 is 11.6 Å². The summed E-state index contributed by atoms with van der Waals surface area (Å²) in [5.41, 5.74) is 7.22. The van der Waals surface area contributed by atoms with Gasteiger partial charge in [-0.2, -0.15) is 4.98 Å². The highest BCUT2D eigenvalue weighted by molar-refractivity contribution is 6.33. The highest BCUT2D eigenvalue weighted by atomic mass is 35.5. The molecule has 2 heterocycles. The lowest BCUT2D eigenvalue weighted by molar-refractivity contribution is 0.1000. The summed E-state index contributed by atoms with van der Waals surface area (Å²) in [6, 6.07) is 12.2. The summed E-state index contributed by atoms with van der Waals surface area (Å²) in [5.74, 6) is 1.64. The van der Waals surface area contributed by atoms with E-state index < -0.39 is 5.91 Å². The molecule has 0 fully saturated rings. The van der Waals surface area contributed by atoms with Crippen LogP contribution in [0.5, 0.6) is 11.5 Å². The lowest BCUT2D eigenvalue weighted by Crippen LogP contribution is -2.12. The number of hydrogen-bond donors (Lipinski definition) is 3. The first-order chi connectivity index (χ1) is 13.6. The SMILES string of the molecule is NC(=O)c1cccc(CNc2nccc(Nc3c(Cl)ccc4c3OCO4)n2)c1. The maximum Gasteiger partial charge on any atom is 0.248 e. The van der Waals surface area contributed by atoms with Crippen molar-refractivity contribution in [2.45, 2.75) is 6.54 Å². The summed E-state index contributed by atoms with van der Waals surface area (Å²) in [6.07, 6.45) is 1.62. The van der Waals surface area contributed by atoms with Gasteiger partial charge in [0.2, 0.25) is 18.6 Å². The number of fused-ring (bicyclic) bond motifs is 1. The highest BCUT2D eigenvalue weighted by Gasteiger charge is 2.21. The van der Waals surface area contributed by atoms with E-state index in [2.05, 4.69) is 20.6 Å². The number of carbonyl (C=O) groups is 1. The molecule has 9 heteroatoms. The molecule has 3 aromatic rings. The fourth-order valence-electron chi connectivity index (χ4n) is 2.72. The Kier molecular flexibility index (Phi) is 4.86. The van der Waals surface area contributed by atoms with Crippen LogP contribution in [0.25, 0.3) is 0 Å². The molecule has 4 rings (SSSR count). The van der Waals surface area contributed by atoms with Crippen molar-refractivity contribution in [2.75, 3.05) is 17.4 Å². The Morgan fingerprint density at radius 1 is 1.21 bits per heavy atom. The Morgan fingerprint density at radius 2 is 2.11 bits per heavy atom. The van der Waals surface area contributed by atoms with Crippen LogP contribution in [0.3, 0.4) is 0 Å². The molecule has 8 nitrogen and oxygen atoms in total. The van der Waals surface area contributed by atoms with Crippen molar-refractivity contribution >= 4 is 35.0 Å². The number of ether oxygens (including phenoxy) is 2. The zero-order valence-electron chi connectivity index (χ0n) is 14.6. The van der Waals surface area contributed by atoms with Crippen molar-refractivity contribution in [3.63, 3.8) is 0 Å². The van der Waals surface area contributed by atoms with Crippen LogP contribution < -0.4 is 25.8 Å². The molecule has 2 aromatic carbocycles. The van der Waals surface area contributed by atoms with Gasteiger partial charge in [0.25, 0.3) is 0 Å². The number of aromatic nitrogens is 2. The molecule has 0 saturated heterocycles. The van der Waals surface area contributed by atoms with Crippen LogP contribution in [-0.4, -0.2) is 22.7 Å². The van der Waals surface area contributed by atoms with E-state index in [1.54, 1.807) is 42.6 Å². The molecule has 28 heavy (non-hydrogen) atoms. The Hall–Kier alpha value is -3.52. The summed E-state index contributed by atoms with van der Waals surface area (Å²) in [7, 11) is 0. The van der Waals surface area contributed by atoms with Gasteiger partial charge in [-0.3, -0.25) is 4.79 Å². The predicted molar refractivity (Wildman–Crippen MR) is 105 cm³/mol. The molecule has 0 radical (unpaired) electrons. The van der Waals surface area contributed by atoms with E-state index in [1.807, 2.05) is 6.07 Å². The van der Waals surface area contributed by atoms with Gasteiger partial charge in [0.05, 0.1) is 5.02 Å². The normalized spacial score (nSPS) is 11.9. The van der Waals surface area contributed by atoms with Crippen LogP contribution in [0.15, 0.2) is 48.7 Å². The van der Waals surface area contributed by atoms with E-state index >= 15 is 0 Å². The number of benzene rings is 2. The minimum Gasteiger partial charge on any atom is -0.454 e. The van der Waals surface area contributed by atoms with Crippen molar-refractivity contribution in [3.05, 3.63) is 64.8 Å². The molecular weight excluding hydrogens is 382 g/mol. The number of nitrogens with zero attached hydrogens (tertiary/aromatic N) is 2. The van der Waals surface area contributed by atoms with Crippen molar-refractivity contribution in [3.8, 4) is 11.5 Å². The minimum absolute atomic E-state index is 0.144. The molecule has 1 amide bonds. The van der Waals surface area contributed by atoms with E-state index in [1.165, 1.54) is 0 Å². The first kappa shape index (κ1) is 17.9. The molecule has 0 atom stereocenters. The average molecular weight is 398 g/mol. The number of nitrogens with two attached hydrogens (primary N) is 1. The van der Waals surface area contributed by atoms with Crippen molar-refractivity contribution < 1.29 is 14.3 Å². The van der Waals surface area contributed by atoms with E-state index in [0.29, 0.717) is 46.1 Å². The largest absolute Gasteiger partial charge is 0.454 e. The molecule has 0 saturated carbocycles. The Bertz CT molecular complexity index is 1040. The second kappa shape index (κ2) is 7.61. The standard InChI is InChI=1S/C19H16ClN5O3/c20-13-4-5-14-17(28-10-27-14)16(13)24-15-6-7-22-19(25-15)23-9-11-2-1-3-12(8-11)18(21)26/h1-8H,9-10H2,(H2,21,26)(H2,22,23,24,25). The van der Waals surface area contributed by atoms with Gasteiger partial charge in [-0.15, -0.1) is 0 Å². The summed E-state index contributed by atoms with van der Waals surface area (Å²) < 4.78 is 10.9. The van der Waals surface area contributed by atoms with Crippen LogP contribution in [0, 0.1) is 0 Å². The number of halogens is 1. The summed E-state index contributed by atoms with van der Waals surface area (Å²) in [6.45, 7) is 0.578. The maximum absolute atomic E-state index is 11.3. The molecule has 1 aromatic heterocycles. The Morgan fingerprint density at radius 3 is 2.96 bits per heavy atom. The number of primary amides is 1. The van der Waals surface area contributed by atoms with Crippen LogP contribution in [0.4, 0.5) is 17.5 Å². The summed E-state index contributed by atoms with van der Waals surface area (Å²) >= 11 is 6.28. The van der Waals surface area contributed by atoms with Gasteiger partial charge in [-0.1, -0.05) is 23.7 Å². The van der Waals surface area contributed by atoms with Crippen LogP contribution in [0.1, 0.15) is 15.9 Å². The van der Waals surface area contributed by atoms with Gasteiger partial charge in [-0.25, -0.2) is 4.98 Å². The third kappa shape index (κ3) is 3.77. The molecule has 0 bridgehead atoms. The number of carbonyl (C=O) groups excluding carboxylic acids is 1. The third-order valence-corrected chi connectivity index (χ3v) is 4.37. The minimum atomic E-state index is -0.470. The summed E-state index contributed by atoms with van der Waals surface area (Å²) in [5, 5.41) is 6.75. The van der Waals surface area contributed by atoms with E-state index in [4.69, 9.17) is 26.8 Å². The fourth-order valence-corrected chi connectivity index (χ4v) is 2.92. The Labute approximate surface area is 165 Å². The van der Waals surface area contributed by atoms with Gasteiger partial charge in [0.1, 0.15) is 11.5 Å². The quantitative estimate of drug-likeness (QED) is 0.585. The van der Waals surface area contributed by atoms with Gasteiger partial charge in [0, 0.05) is 18.3 Å². The summed E-state index contributed by atoms with van der Waals surface area (Å²) in [4.78, 5) is 19.9. The van der Waals surface area contributed by atoms with Gasteiger partial charge in [-0.05, 0) is 35.9 Å². The van der Waals surface area contributed by atoms with Crippen LogP contribution in [-0.2, 0) is 6.54 Å². The number of rotatable bonds is 6. The first-order valence-corrected chi connectivity index (χ1v) is 8.79. The molecule has 0 unspecified atom stereocenters. The zero-order chi connectivity index (χ0) is 19.5. The maximum atomic E-state index is 11.3. The van der Waals surface area contributed by atoms with Gasteiger partial charge >= 0.3 is 0 Å². The van der Waals surface area contributed by atoms with Crippen molar-refractivity contribution in [1.29, 1.82) is 0 Å². The number of anilines is 3. The van der Waals surface area contributed by atoms with Crippen molar-refractivity contribution in [2.24, 2.45) is 5.73 Å². The van der Waals surface area contributed by atoms with Gasteiger partial charge in [0.15, 0.2) is 11.5 Å². The van der Waals surface area contributed by atoms with Gasteiger partial charge < -0.3 is 25.8 Å². The third-order valence-electron chi connectivity index (χ3n) is 4.06. The van der Waals surface area contributed by atoms with Crippen molar-refractivity contribution in [1.82, 2.24) is 9.97 Å². The van der Waals surface area contributed by atoms with E-state index in [9.17, 15) is 4.79 Å². The van der Waals surface area contributed by atoms with E-state index in [0.717, 1.165) is 5.56 Å². The van der Waals surface area contributed by atoms with Crippen LogP contribution in [0.2, 0.25) is 5.02 Å². The first-order valence-electron chi connectivity index (χ1n) is 8.41. The molecule has 142 valence electrons. The molecule has 0 spiro atoms. The second-order valence-corrected chi connectivity index (χ2v) is 6.37. The lowest BCUT2D eigenvalue weighted by atomic mass is 10.1. The second-order valence-electron chi connectivity index (χ2n) is 5.96.